The molecule has 0 aliphatic heterocycles. The van der Waals surface area contributed by atoms with Crippen molar-refractivity contribution >= 4 is 60.5 Å². The third-order valence-corrected chi connectivity index (χ3v) is 11.5. The van der Waals surface area contributed by atoms with Crippen molar-refractivity contribution in [3.63, 3.8) is 0 Å². The monoisotopic (exact) mass is 739 g/mol. The Balaban J connectivity index is 1.09. The number of rotatable bonds is 7. The molecule has 0 N–H and O–H groups in total. The van der Waals surface area contributed by atoms with E-state index in [0.29, 0.717) is 0 Å². The first-order valence-electron chi connectivity index (χ1n) is 19.8. The van der Waals surface area contributed by atoms with E-state index in [2.05, 4.69) is 217 Å². The molecule has 1 aromatic heterocycles. The number of para-hydroxylation sites is 3. The topological polar surface area (TPSA) is 16.4 Å². The van der Waals surface area contributed by atoms with Crippen LogP contribution >= 0.6 is 0 Å². The molecule has 272 valence electrons. The number of hydrogen-bond acceptors (Lipinski definition) is 2. The fourth-order valence-corrected chi connectivity index (χ4v) is 8.70. The highest BCUT2D eigenvalue weighted by atomic mass is 16.3. The van der Waals surface area contributed by atoms with Crippen LogP contribution in [-0.2, 0) is 0 Å². The first-order chi connectivity index (χ1) is 28.8. The summed E-state index contributed by atoms with van der Waals surface area (Å²) in [6.45, 7) is 0. The summed E-state index contributed by atoms with van der Waals surface area (Å²) in [5, 5.41) is 7.20. The summed E-state index contributed by atoms with van der Waals surface area (Å²) in [7, 11) is 0. The Kier molecular flexibility index (Phi) is 8.19. The van der Waals surface area contributed by atoms with Gasteiger partial charge in [0.2, 0.25) is 0 Å². The molecule has 0 fully saturated rings. The molecule has 11 aromatic rings. The van der Waals surface area contributed by atoms with Gasteiger partial charge in [0.1, 0.15) is 11.2 Å². The Labute approximate surface area is 337 Å². The van der Waals surface area contributed by atoms with Crippen molar-refractivity contribution in [2.45, 2.75) is 0 Å². The van der Waals surface area contributed by atoms with Crippen LogP contribution in [-0.4, -0.2) is 0 Å². The van der Waals surface area contributed by atoms with Crippen molar-refractivity contribution in [1.82, 2.24) is 0 Å². The molecule has 0 unspecified atom stereocenters. The van der Waals surface area contributed by atoms with E-state index in [0.717, 1.165) is 55.7 Å². The molecule has 0 bridgehead atoms. The van der Waals surface area contributed by atoms with Gasteiger partial charge in [0, 0.05) is 33.3 Å². The average molecular weight is 740 g/mol. The maximum Gasteiger partial charge on any atom is 0.143 e. The fourth-order valence-electron chi connectivity index (χ4n) is 8.70. The smallest absolute Gasteiger partial charge is 0.143 e. The van der Waals surface area contributed by atoms with Crippen molar-refractivity contribution in [1.29, 1.82) is 0 Å². The van der Waals surface area contributed by atoms with Crippen LogP contribution in [0, 0.1) is 0 Å². The minimum Gasteiger partial charge on any atom is -0.455 e. The van der Waals surface area contributed by atoms with Crippen molar-refractivity contribution < 1.29 is 4.42 Å². The molecule has 0 amide bonds. The van der Waals surface area contributed by atoms with E-state index in [1.165, 1.54) is 49.4 Å². The maximum atomic E-state index is 6.47. The summed E-state index contributed by atoms with van der Waals surface area (Å²) in [6.07, 6.45) is 0. The van der Waals surface area contributed by atoms with E-state index in [1.807, 2.05) is 12.1 Å². The molecular weight excluding hydrogens is 703 g/mol. The number of benzene rings is 10. The van der Waals surface area contributed by atoms with Gasteiger partial charge in [-0.25, -0.2) is 0 Å². The second-order valence-electron chi connectivity index (χ2n) is 14.9. The zero-order chi connectivity index (χ0) is 38.4. The van der Waals surface area contributed by atoms with Gasteiger partial charge in [-0.05, 0) is 97.4 Å². The SMILES string of the molecule is c1cc(-c2cccc3ccccc23)cc(N(c2ccc(-c3cccc4c3oc3ccccc34)cc2)c2ccccc2-c2ccccc2-c2ccc3ccccc3c2)c1. The van der Waals surface area contributed by atoms with Gasteiger partial charge in [0.25, 0.3) is 0 Å². The van der Waals surface area contributed by atoms with E-state index in [1.54, 1.807) is 0 Å². The zero-order valence-corrected chi connectivity index (χ0v) is 31.7. The van der Waals surface area contributed by atoms with Gasteiger partial charge in [-0.3, -0.25) is 0 Å². The molecule has 58 heavy (non-hydrogen) atoms. The van der Waals surface area contributed by atoms with E-state index in [9.17, 15) is 0 Å². The molecule has 2 heteroatoms. The van der Waals surface area contributed by atoms with Crippen molar-refractivity contribution in [2.75, 3.05) is 4.90 Å². The number of nitrogens with zero attached hydrogens (tertiary/aromatic N) is 1. The lowest BCUT2D eigenvalue weighted by Crippen LogP contribution is -2.11. The van der Waals surface area contributed by atoms with E-state index in [-0.39, 0.29) is 0 Å². The maximum absolute atomic E-state index is 6.47. The highest BCUT2D eigenvalue weighted by Crippen LogP contribution is 2.45. The van der Waals surface area contributed by atoms with Crippen LogP contribution in [0.4, 0.5) is 17.1 Å². The van der Waals surface area contributed by atoms with Gasteiger partial charge in [0.15, 0.2) is 0 Å². The molecule has 0 aliphatic carbocycles. The van der Waals surface area contributed by atoms with E-state index >= 15 is 0 Å². The Morgan fingerprint density at radius 2 is 0.879 bits per heavy atom. The van der Waals surface area contributed by atoms with Crippen molar-refractivity contribution in [3.8, 4) is 44.5 Å². The van der Waals surface area contributed by atoms with Crippen molar-refractivity contribution in [3.05, 3.63) is 224 Å². The van der Waals surface area contributed by atoms with E-state index in [4.69, 9.17) is 4.42 Å². The summed E-state index contributed by atoms with van der Waals surface area (Å²) in [4.78, 5) is 2.41. The summed E-state index contributed by atoms with van der Waals surface area (Å²) in [5.74, 6) is 0. The van der Waals surface area contributed by atoms with Gasteiger partial charge in [-0.2, -0.15) is 0 Å². The molecule has 0 aliphatic rings. The van der Waals surface area contributed by atoms with Crippen LogP contribution in [0.15, 0.2) is 229 Å². The molecular formula is C56H37NO. The Morgan fingerprint density at radius 1 is 0.293 bits per heavy atom. The van der Waals surface area contributed by atoms with Gasteiger partial charge in [-0.15, -0.1) is 0 Å². The van der Waals surface area contributed by atoms with Crippen LogP contribution in [0.1, 0.15) is 0 Å². The van der Waals surface area contributed by atoms with Crippen molar-refractivity contribution in [2.24, 2.45) is 0 Å². The normalized spacial score (nSPS) is 11.4. The van der Waals surface area contributed by atoms with Crippen LogP contribution < -0.4 is 4.90 Å². The zero-order valence-electron chi connectivity index (χ0n) is 31.7. The minimum absolute atomic E-state index is 0.902. The Morgan fingerprint density at radius 3 is 1.76 bits per heavy atom. The number of fused-ring (bicyclic) bond motifs is 5. The summed E-state index contributed by atoms with van der Waals surface area (Å²) >= 11 is 0. The summed E-state index contributed by atoms with van der Waals surface area (Å²) in [6, 6.07) is 80.8. The van der Waals surface area contributed by atoms with Crippen LogP contribution in [0.2, 0.25) is 0 Å². The van der Waals surface area contributed by atoms with Crippen LogP contribution in [0.25, 0.3) is 88.0 Å². The molecule has 0 saturated heterocycles. The Bertz CT molecular complexity index is 3290. The predicted octanol–water partition coefficient (Wildman–Crippen LogP) is 16.0. The summed E-state index contributed by atoms with van der Waals surface area (Å²) in [5.41, 5.74) is 14.3. The first kappa shape index (κ1) is 33.6. The van der Waals surface area contributed by atoms with Crippen LogP contribution in [0.5, 0.6) is 0 Å². The highest BCUT2D eigenvalue weighted by Gasteiger charge is 2.21. The van der Waals surface area contributed by atoms with E-state index < -0.39 is 0 Å². The third kappa shape index (κ3) is 5.82. The second kappa shape index (κ2) is 14.1. The Hall–Kier alpha value is -7.68. The first-order valence-corrected chi connectivity index (χ1v) is 19.8. The number of furan rings is 1. The molecule has 10 aromatic carbocycles. The van der Waals surface area contributed by atoms with Gasteiger partial charge in [-0.1, -0.05) is 182 Å². The van der Waals surface area contributed by atoms with Gasteiger partial charge < -0.3 is 9.32 Å². The molecule has 1 heterocycles. The third-order valence-electron chi connectivity index (χ3n) is 11.5. The largest absolute Gasteiger partial charge is 0.455 e. The molecule has 0 spiro atoms. The lowest BCUT2D eigenvalue weighted by Gasteiger charge is -2.29. The second-order valence-corrected chi connectivity index (χ2v) is 14.9. The number of hydrogen-bond donors (Lipinski definition) is 0. The lowest BCUT2D eigenvalue weighted by atomic mass is 9.91. The highest BCUT2D eigenvalue weighted by molar-refractivity contribution is 6.09. The van der Waals surface area contributed by atoms with Gasteiger partial charge >= 0.3 is 0 Å². The standard InChI is InChI=1S/C56H37NO/c1-2-16-41-36-43(31-30-38(41)14-1)48-21-5-6-22-50(48)51-23-7-9-28-54(51)57(45-19-11-18-42(37-45)47-25-12-17-39-15-3-4-20-46(39)47)44-34-32-40(33-35-44)49-26-13-27-53-52-24-8-10-29-55(52)58-56(49)53/h1-37H. The van der Waals surface area contributed by atoms with Crippen LogP contribution in [0.3, 0.4) is 0 Å². The molecule has 0 saturated carbocycles. The fraction of sp³-hybridized carbons (Fsp3) is 0. The number of anilines is 3. The molecule has 0 radical (unpaired) electrons. The van der Waals surface area contributed by atoms with Gasteiger partial charge in [0.05, 0.1) is 5.69 Å². The predicted molar refractivity (Wildman–Crippen MR) is 245 cm³/mol. The molecule has 11 rings (SSSR count). The quantitative estimate of drug-likeness (QED) is 0.162. The summed E-state index contributed by atoms with van der Waals surface area (Å²) < 4.78 is 6.47. The minimum atomic E-state index is 0.902. The molecule has 0 atom stereocenters. The lowest BCUT2D eigenvalue weighted by molar-refractivity contribution is 0.670. The average Bonchev–Trinajstić information content (AvgIpc) is 3.68. The molecule has 2 nitrogen and oxygen atoms in total.